The Morgan fingerprint density at radius 1 is 1.20 bits per heavy atom. The highest BCUT2D eigenvalue weighted by Crippen LogP contribution is 2.24. The molecule has 0 aromatic rings. The summed E-state index contributed by atoms with van der Waals surface area (Å²) in [7, 11) is 0. The fraction of sp³-hybridized carbons (Fsp3) is 1.00. The van der Waals surface area contributed by atoms with Crippen LogP contribution in [0, 0.1) is 0 Å². The zero-order valence-electron chi connectivity index (χ0n) is 9.62. The molecule has 2 rings (SSSR count). The number of likely N-dealkylation sites (tertiary alicyclic amines) is 1. The van der Waals surface area contributed by atoms with E-state index in [9.17, 15) is 0 Å². The second-order valence-electron chi connectivity index (χ2n) is 4.90. The first kappa shape index (κ1) is 11.4. The van der Waals surface area contributed by atoms with Crippen LogP contribution in [0.15, 0.2) is 0 Å². The predicted molar refractivity (Wildman–Crippen MR) is 61.9 cm³/mol. The van der Waals surface area contributed by atoms with E-state index in [0.29, 0.717) is 12.6 Å². The van der Waals surface area contributed by atoms with E-state index < -0.39 is 0 Å². The third-order valence-electron chi connectivity index (χ3n) is 3.87. The van der Waals surface area contributed by atoms with Gasteiger partial charge in [0.1, 0.15) is 0 Å². The molecule has 15 heavy (non-hydrogen) atoms. The minimum absolute atomic E-state index is 0.349. The Morgan fingerprint density at radius 3 is 2.87 bits per heavy atom. The van der Waals surface area contributed by atoms with Gasteiger partial charge in [-0.3, -0.25) is 4.90 Å². The Hall–Kier alpha value is -0.120. The molecule has 2 aliphatic heterocycles. The number of rotatable bonds is 3. The van der Waals surface area contributed by atoms with Crippen LogP contribution in [0.1, 0.15) is 38.5 Å². The molecular formula is C12H24N2O. The first-order valence-corrected chi connectivity index (χ1v) is 6.49. The molecule has 0 saturated carbocycles. The highest BCUT2D eigenvalue weighted by molar-refractivity contribution is 4.86. The number of hydrogen-bond acceptors (Lipinski definition) is 3. The molecule has 2 fully saturated rings. The van der Waals surface area contributed by atoms with Crippen molar-refractivity contribution in [3.63, 3.8) is 0 Å². The minimum atomic E-state index is 0.349. The summed E-state index contributed by atoms with van der Waals surface area (Å²) in [4.78, 5) is 2.66. The zero-order valence-corrected chi connectivity index (χ0v) is 9.62. The van der Waals surface area contributed by atoms with Gasteiger partial charge in [0.25, 0.3) is 0 Å². The van der Waals surface area contributed by atoms with Crippen molar-refractivity contribution in [3.8, 4) is 0 Å². The predicted octanol–water partition coefficient (Wildman–Crippen LogP) is 0.975. The maximum Gasteiger partial charge on any atom is 0.0445 e. The van der Waals surface area contributed by atoms with Crippen LogP contribution in [0.2, 0.25) is 0 Å². The SMILES string of the molecule is OCCC1CCCCN1C1CCCNC1. The van der Waals surface area contributed by atoms with Gasteiger partial charge in [0, 0.05) is 25.2 Å². The number of aliphatic hydroxyl groups excluding tert-OH is 1. The van der Waals surface area contributed by atoms with Crippen molar-refractivity contribution >= 4 is 0 Å². The topological polar surface area (TPSA) is 35.5 Å². The van der Waals surface area contributed by atoms with Gasteiger partial charge in [-0.1, -0.05) is 6.42 Å². The highest BCUT2D eigenvalue weighted by atomic mass is 16.3. The lowest BCUT2D eigenvalue weighted by molar-refractivity contribution is 0.0635. The molecule has 2 N–H and O–H groups in total. The van der Waals surface area contributed by atoms with Crippen LogP contribution in [-0.4, -0.2) is 48.3 Å². The lowest BCUT2D eigenvalue weighted by atomic mass is 9.95. The Balaban J connectivity index is 1.90. The van der Waals surface area contributed by atoms with Crippen molar-refractivity contribution in [2.75, 3.05) is 26.2 Å². The third-order valence-corrected chi connectivity index (χ3v) is 3.87. The monoisotopic (exact) mass is 212 g/mol. The van der Waals surface area contributed by atoms with Gasteiger partial charge in [-0.15, -0.1) is 0 Å². The smallest absolute Gasteiger partial charge is 0.0445 e. The Morgan fingerprint density at radius 2 is 2.13 bits per heavy atom. The summed E-state index contributed by atoms with van der Waals surface area (Å²) in [5.41, 5.74) is 0. The number of nitrogens with one attached hydrogen (secondary N) is 1. The molecule has 0 radical (unpaired) electrons. The summed E-state index contributed by atoms with van der Waals surface area (Å²) in [6.45, 7) is 3.94. The van der Waals surface area contributed by atoms with Gasteiger partial charge in [-0.05, 0) is 45.2 Å². The quantitative estimate of drug-likeness (QED) is 0.732. The normalized spacial score (nSPS) is 34.2. The van der Waals surface area contributed by atoms with Gasteiger partial charge in [-0.2, -0.15) is 0 Å². The van der Waals surface area contributed by atoms with Crippen molar-refractivity contribution in [1.29, 1.82) is 0 Å². The average molecular weight is 212 g/mol. The fourth-order valence-electron chi connectivity index (χ4n) is 3.08. The zero-order chi connectivity index (χ0) is 10.5. The van der Waals surface area contributed by atoms with Gasteiger partial charge in [0.2, 0.25) is 0 Å². The second kappa shape index (κ2) is 5.83. The summed E-state index contributed by atoms with van der Waals surface area (Å²) in [5.74, 6) is 0. The Kier molecular flexibility index (Phi) is 4.42. The van der Waals surface area contributed by atoms with E-state index in [1.54, 1.807) is 0 Å². The van der Waals surface area contributed by atoms with Crippen LogP contribution in [0.3, 0.4) is 0 Å². The summed E-state index contributed by atoms with van der Waals surface area (Å²) < 4.78 is 0. The van der Waals surface area contributed by atoms with Crippen LogP contribution in [-0.2, 0) is 0 Å². The van der Waals surface area contributed by atoms with Crippen LogP contribution in [0.25, 0.3) is 0 Å². The number of aliphatic hydroxyl groups is 1. The van der Waals surface area contributed by atoms with E-state index in [2.05, 4.69) is 10.2 Å². The summed E-state index contributed by atoms with van der Waals surface area (Å²) in [6, 6.07) is 1.38. The lowest BCUT2D eigenvalue weighted by Crippen LogP contribution is -2.52. The fourth-order valence-corrected chi connectivity index (χ4v) is 3.08. The molecule has 2 atom stereocenters. The first-order chi connectivity index (χ1) is 7.42. The molecule has 0 amide bonds. The maximum atomic E-state index is 9.09. The molecule has 88 valence electrons. The van der Waals surface area contributed by atoms with E-state index in [4.69, 9.17) is 5.11 Å². The van der Waals surface area contributed by atoms with Crippen molar-refractivity contribution in [3.05, 3.63) is 0 Å². The second-order valence-corrected chi connectivity index (χ2v) is 4.90. The molecule has 2 heterocycles. The van der Waals surface area contributed by atoms with Gasteiger partial charge in [-0.25, -0.2) is 0 Å². The van der Waals surface area contributed by atoms with Gasteiger partial charge >= 0.3 is 0 Å². The number of hydrogen-bond donors (Lipinski definition) is 2. The summed E-state index contributed by atoms with van der Waals surface area (Å²) >= 11 is 0. The third kappa shape index (κ3) is 2.92. The minimum Gasteiger partial charge on any atom is -0.396 e. The molecule has 0 spiro atoms. The van der Waals surface area contributed by atoms with E-state index >= 15 is 0 Å². The molecule has 2 aliphatic rings. The standard InChI is InChI=1S/C12H24N2O/c15-9-6-11-4-1-2-8-14(11)12-5-3-7-13-10-12/h11-13,15H,1-10H2. The van der Waals surface area contributed by atoms with Crippen molar-refractivity contribution in [1.82, 2.24) is 10.2 Å². The number of piperidine rings is 2. The lowest BCUT2D eigenvalue weighted by Gasteiger charge is -2.42. The summed E-state index contributed by atoms with van der Waals surface area (Å²) in [6.07, 6.45) is 7.61. The average Bonchev–Trinajstić information content (AvgIpc) is 2.31. The Labute approximate surface area is 92.8 Å². The molecule has 2 saturated heterocycles. The molecular weight excluding hydrogens is 188 g/mol. The van der Waals surface area contributed by atoms with Crippen LogP contribution in [0.4, 0.5) is 0 Å². The van der Waals surface area contributed by atoms with Crippen LogP contribution < -0.4 is 5.32 Å². The first-order valence-electron chi connectivity index (χ1n) is 6.49. The van der Waals surface area contributed by atoms with Gasteiger partial charge in [0.15, 0.2) is 0 Å². The van der Waals surface area contributed by atoms with Gasteiger partial charge in [0.05, 0.1) is 0 Å². The van der Waals surface area contributed by atoms with E-state index in [0.717, 1.165) is 19.0 Å². The molecule has 0 aromatic carbocycles. The van der Waals surface area contributed by atoms with Crippen LogP contribution >= 0.6 is 0 Å². The largest absolute Gasteiger partial charge is 0.396 e. The highest BCUT2D eigenvalue weighted by Gasteiger charge is 2.28. The number of nitrogens with zero attached hydrogens (tertiary/aromatic N) is 1. The molecule has 2 unspecified atom stereocenters. The Bertz CT molecular complexity index is 168. The molecule has 3 heteroatoms. The van der Waals surface area contributed by atoms with Gasteiger partial charge < -0.3 is 10.4 Å². The van der Waals surface area contributed by atoms with E-state index in [1.807, 2.05) is 0 Å². The van der Waals surface area contributed by atoms with Crippen molar-refractivity contribution in [2.45, 2.75) is 50.6 Å². The van der Waals surface area contributed by atoms with Crippen molar-refractivity contribution < 1.29 is 5.11 Å². The van der Waals surface area contributed by atoms with Crippen molar-refractivity contribution in [2.24, 2.45) is 0 Å². The van der Waals surface area contributed by atoms with E-state index in [1.165, 1.54) is 45.2 Å². The van der Waals surface area contributed by atoms with E-state index in [-0.39, 0.29) is 0 Å². The molecule has 0 aromatic heterocycles. The maximum absolute atomic E-state index is 9.09. The molecule has 0 bridgehead atoms. The summed E-state index contributed by atoms with van der Waals surface area (Å²) in [5, 5.41) is 12.6. The van der Waals surface area contributed by atoms with Crippen LogP contribution in [0.5, 0.6) is 0 Å². The molecule has 0 aliphatic carbocycles. The molecule has 3 nitrogen and oxygen atoms in total.